The highest BCUT2D eigenvalue weighted by Crippen LogP contribution is 2.36. The first kappa shape index (κ1) is 23.7. The third-order valence-electron chi connectivity index (χ3n) is 5.72. The Morgan fingerprint density at radius 2 is 1.67 bits per heavy atom. The van der Waals surface area contributed by atoms with E-state index in [1.54, 1.807) is 26.4 Å². The maximum Gasteiger partial charge on any atom is 0.185 e. The van der Waals surface area contributed by atoms with Crippen LogP contribution in [0.15, 0.2) is 46.7 Å². The van der Waals surface area contributed by atoms with E-state index in [1.807, 2.05) is 23.6 Å². The summed E-state index contributed by atoms with van der Waals surface area (Å²) in [7, 11) is 1.12. The van der Waals surface area contributed by atoms with Gasteiger partial charge in [-0.15, -0.1) is 11.3 Å². The number of aromatic nitrogens is 1. The molecule has 1 aliphatic heterocycles. The van der Waals surface area contributed by atoms with Gasteiger partial charge in [-0.05, 0) is 43.2 Å². The van der Waals surface area contributed by atoms with Crippen LogP contribution in [0.1, 0.15) is 12.8 Å². The van der Waals surface area contributed by atoms with Crippen molar-refractivity contribution in [2.45, 2.75) is 23.0 Å². The zero-order valence-corrected chi connectivity index (χ0v) is 21.0. The fraction of sp³-hybridized carbons (Fsp3) is 0.348. The number of methoxy groups -OCH3 is 3. The summed E-state index contributed by atoms with van der Waals surface area (Å²) >= 11 is 7.60. The highest BCUT2D eigenvalue weighted by Gasteiger charge is 2.34. The lowest BCUT2D eigenvalue weighted by atomic mass is 10.1. The molecule has 1 aromatic heterocycles. The van der Waals surface area contributed by atoms with Crippen LogP contribution in [0.4, 0.5) is 5.13 Å². The zero-order valence-electron chi connectivity index (χ0n) is 18.6. The second kappa shape index (κ2) is 9.79. The van der Waals surface area contributed by atoms with E-state index < -0.39 is 15.1 Å². The maximum absolute atomic E-state index is 13.3. The first-order valence-electron chi connectivity index (χ1n) is 10.4. The number of nitrogens with zero attached hydrogens (tertiary/aromatic N) is 2. The third kappa shape index (κ3) is 4.90. The molecule has 0 aliphatic carbocycles. The predicted molar refractivity (Wildman–Crippen MR) is 131 cm³/mol. The topological polar surface area (TPSA) is 78.0 Å². The molecule has 10 heteroatoms. The van der Waals surface area contributed by atoms with Crippen LogP contribution in [-0.4, -0.2) is 53.1 Å². The highest BCUT2D eigenvalue weighted by atomic mass is 35.5. The fourth-order valence-corrected chi connectivity index (χ4v) is 6.95. The van der Waals surface area contributed by atoms with Crippen molar-refractivity contribution in [2.75, 3.05) is 39.3 Å². The van der Waals surface area contributed by atoms with Crippen LogP contribution in [0.3, 0.4) is 0 Å². The molecule has 7 nitrogen and oxygen atoms in total. The van der Waals surface area contributed by atoms with Crippen molar-refractivity contribution < 1.29 is 22.6 Å². The SMILES string of the molecule is COc1cc(OC)cc(-c2csc(N3CCC(S(=O)(=O)c4cc(Cl)ccc4OC)CC3)n2)c1. The first-order chi connectivity index (χ1) is 15.8. The number of ether oxygens (including phenoxy) is 3. The molecule has 0 amide bonds. The van der Waals surface area contributed by atoms with Crippen molar-refractivity contribution in [1.82, 2.24) is 4.98 Å². The Hall–Kier alpha value is -2.49. The van der Waals surface area contributed by atoms with E-state index in [2.05, 4.69) is 4.90 Å². The summed E-state index contributed by atoms with van der Waals surface area (Å²) in [5.41, 5.74) is 1.73. The average molecular weight is 509 g/mol. The van der Waals surface area contributed by atoms with E-state index >= 15 is 0 Å². The van der Waals surface area contributed by atoms with Gasteiger partial charge in [0.05, 0.1) is 32.3 Å². The molecule has 33 heavy (non-hydrogen) atoms. The normalized spacial score (nSPS) is 14.8. The van der Waals surface area contributed by atoms with Gasteiger partial charge >= 0.3 is 0 Å². The Morgan fingerprint density at radius 3 is 2.27 bits per heavy atom. The van der Waals surface area contributed by atoms with E-state index in [9.17, 15) is 8.42 Å². The van der Waals surface area contributed by atoms with Gasteiger partial charge in [-0.3, -0.25) is 0 Å². The van der Waals surface area contributed by atoms with Crippen molar-refractivity contribution in [1.29, 1.82) is 0 Å². The standard InChI is InChI=1S/C23H25ClN2O5S2/c1-29-17-10-15(11-18(13-17)30-2)20-14-32-23(25-20)26-8-6-19(7-9-26)33(27,28)22-12-16(24)4-5-21(22)31-3/h4-5,10-14,19H,6-9H2,1-3H3. The molecule has 2 aromatic carbocycles. The molecule has 4 rings (SSSR count). The molecule has 176 valence electrons. The molecule has 0 bridgehead atoms. The van der Waals surface area contributed by atoms with Gasteiger partial charge < -0.3 is 19.1 Å². The largest absolute Gasteiger partial charge is 0.497 e. The van der Waals surface area contributed by atoms with Crippen LogP contribution >= 0.6 is 22.9 Å². The number of thiazole rings is 1. The lowest BCUT2D eigenvalue weighted by Gasteiger charge is -2.31. The van der Waals surface area contributed by atoms with Gasteiger partial charge in [0.1, 0.15) is 22.1 Å². The van der Waals surface area contributed by atoms with E-state index in [-0.39, 0.29) is 4.90 Å². The van der Waals surface area contributed by atoms with Crippen LogP contribution in [0, 0.1) is 0 Å². The number of hydrogen-bond donors (Lipinski definition) is 0. The second-order valence-electron chi connectivity index (χ2n) is 7.64. The number of piperidine rings is 1. The fourth-order valence-electron chi connectivity index (χ4n) is 3.91. The summed E-state index contributed by atoms with van der Waals surface area (Å²) in [5, 5.41) is 2.73. The van der Waals surface area contributed by atoms with Crippen molar-refractivity contribution in [2.24, 2.45) is 0 Å². The number of hydrogen-bond acceptors (Lipinski definition) is 8. The zero-order chi connectivity index (χ0) is 23.6. The monoisotopic (exact) mass is 508 g/mol. The lowest BCUT2D eigenvalue weighted by molar-refractivity contribution is 0.394. The third-order valence-corrected chi connectivity index (χ3v) is 9.14. The van der Waals surface area contributed by atoms with E-state index in [4.69, 9.17) is 30.8 Å². The molecule has 1 aliphatic rings. The minimum Gasteiger partial charge on any atom is -0.497 e. The molecule has 0 unspecified atom stereocenters. The summed E-state index contributed by atoms with van der Waals surface area (Å²) in [5.74, 6) is 1.71. The van der Waals surface area contributed by atoms with Crippen molar-refractivity contribution in [3.05, 3.63) is 46.8 Å². The summed E-state index contributed by atoms with van der Waals surface area (Å²) in [4.78, 5) is 7.07. The predicted octanol–water partition coefficient (Wildman–Crippen LogP) is 4.93. The van der Waals surface area contributed by atoms with Crippen LogP contribution in [0.5, 0.6) is 17.2 Å². The van der Waals surface area contributed by atoms with Gasteiger partial charge in [-0.25, -0.2) is 13.4 Å². The number of anilines is 1. The molecular formula is C23H25ClN2O5S2. The smallest absolute Gasteiger partial charge is 0.185 e. The number of sulfone groups is 1. The number of benzene rings is 2. The molecule has 0 saturated carbocycles. The molecule has 0 N–H and O–H groups in total. The summed E-state index contributed by atoms with van der Waals surface area (Å²) in [6.07, 6.45) is 1.000. The summed E-state index contributed by atoms with van der Waals surface area (Å²) in [6, 6.07) is 10.3. The van der Waals surface area contributed by atoms with Crippen LogP contribution < -0.4 is 19.1 Å². The number of rotatable bonds is 7. The molecule has 2 heterocycles. The summed E-state index contributed by atoms with van der Waals surface area (Å²) in [6.45, 7) is 1.20. The molecule has 0 atom stereocenters. The quantitative estimate of drug-likeness (QED) is 0.447. The second-order valence-corrected chi connectivity index (χ2v) is 11.1. The molecule has 1 fully saturated rings. The van der Waals surface area contributed by atoms with E-state index in [1.165, 1.54) is 24.5 Å². The van der Waals surface area contributed by atoms with Crippen molar-refractivity contribution in [3.8, 4) is 28.5 Å². The first-order valence-corrected chi connectivity index (χ1v) is 13.2. The average Bonchev–Trinajstić information content (AvgIpc) is 3.34. The van der Waals surface area contributed by atoms with Gasteiger partial charge in [0.15, 0.2) is 15.0 Å². The molecule has 1 saturated heterocycles. The van der Waals surface area contributed by atoms with Crippen molar-refractivity contribution >= 4 is 37.9 Å². The number of halogens is 1. The van der Waals surface area contributed by atoms with Gasteiger partial charge in [0.2, 0.25) is 0 Å². The highest BCUT2D eigenvalue weighted by molar-refractivity contribution is 7.92. The van der Waals surface area contributed by atoms with Crippen LogP contribution in [0.25, 0.3) is 11.3 Å². The Kier molecular flexibility index (Phi) is 7.02. The Morgan fingerprint density at radius 1 is 1.00 bits per heavy atom. The molecule has 0 radical (unpaired) electrons. The Labute approximate surface area is 202 Å². The molecule has 3 aromatic rings. The lowest BCUT2D eigenvalue weighted by Crippen LogP contribution is -2.39. The molecular weight excluding hydrogens is 484 g/mol. The van der Waals surface area contributed by atoms with E-state index in [0.717, 1.165) is 16.4 Å². The maximum atomic E-state index is 13.3. The van der Waals surface area contributed by atoms with Crippen LogP contribution in [0.2, 0.25) is 5.02 Å². The molecule has 0 spiro atoms. The minimum absolute atomic E-state index is 0.152. The van der Waals surface area contributed by atoms with Crippen LogP contribution in [-0.2, 0) is 9.84 Å². The van der Waals surface area contributed by atoms with Gasteiger partial charge in [-0.1, -0.05) is 11.6 Å². The Balaban J connectivity index is 1.49. The van der Waals surface area contributed by atoms with Gasteiger partial charge in [-0.2, -0.15) is 0 Å². The van der Waals surface area contributed by atoms with Gasteiger partial charge in [0, 0.05) is 35.1 Å². The van der Waals surface area contributed by atoms with Crippen molar-refractivity contribution in [3.63, 3.8) is 0 Å². The minimum atomic E-state index is -3.57. The van der Waals surface area contributed by atoms with E-state index in [0.29, 0.717) is 48.2 Å². The summed E-state index contributed by atoms with van der Waals surface area (Å²) < 4.78 is 42.5. The Bertz CT molecular complexity index is 1220. The van der Waals surface area contributed by atoms with Gasteiger partial charge in [0.25, 0.3) is 0 Å².